The topological polar surface area (TPSA) is 89.3 Å². The van der Waals surface area contributed by atoms with E-state index in [4.69, 9.17) is 4.74 Å². The second-order valence-electron chi connectivity index (χ2n) is 6.96. The van der Waals surface area contributed by atoms with Crippen molar-refractivity contribution in [3.8, 4) is 5.75 Å². The zero-order valence-electron chi connectivity index (χ0n) is 14.3. The van der Waals surface area contributed by atoms with Gasteiger partial charge in [0, 0.05) is 24.9 Å². The lowest BCUT2D eigenvalue weighted by Gasteiger charge is -2.33. The van der Waals surface area contributed by atoms with Gasteiger partial charge in [-0.25, -0.2) is 4.79 Å². The molecule has 26 heavy (non-hydrogen) atoms. The first-order valence-corrected chi connectivity index (χ1v) is 8.96. The summed E-state index contributed by atoms with van der Waals surface area (Å²) < 4.78 is 7.70. The fraction of sp³-hybridized carbons (Fsp3) is 0.444. The van der Waals surface area contributed by atoms with E-state index in [1.54, 1.807) is 0 Å². The number of amides is 3. The summed E-state index contributed by atoms with van der Waals surface area (Å²) in [5, 5.41) is 11.4. The number of imide groups is 1. The second kappa shape index (κ2) is 5.55. The van der Waals surface area contributed by atoms with Crippen molar-refractivity contribution in [2.45, 2.75) is 44.3 Å². The molecule has 8 nitrogen and oxygen atoms in total. The third-order valence-electron chi connectivity index (χ3n) is 5.49. The molecule has 1 aromatic carbocycles. The molecule has 0 aliphatic carbocycles. The van der Waals surface area contributed by atoms with Gasteiger partial charge in [0.25, 0.3) is 5.91 Å². The van der Waals surface area contributed by atoms with Crippen molar-refractivity contribution in [1.29, 1.82) is 0 Å². The minimum Gasteiger partial charge on any atom is -0.493 e. The Kier molecular flexibility index (Phi) is 3.28. The average Bonchev–Trinajstić information content (AvgIpc) is 3.18. The van der Waals surface area contributed by atoms with Crippen molar-refractivity contribution >= 4 is 11.9 Å². The van der Waals surface area contributed by atoms with Gasteiger partial charge in [-0.15, -0.1) is 10.2 Å². The molecule has 1 fully saturated rings. The first kappa shape index (κ1) is 15.4. The van der Waals surface area contributed by atoms with Crippen LogP contribution in [0.3, 0.4) is 0 Å². The minimum absolute atomic E-state index is 0.141. The minimum atomic E-state index is -1.04. The molecule has 1 aromatic heterocycles. The van der Waals surface area contributed by atoms with Crippen molar-refractivity contribution in [3.05, 3.63) is 41.5 Å². The third kappa shape index (κ3) is 2.07. The van der Waals surface area contributed by atoms with Crippen LogP contribution in [0.5, 0.6) is 5.75 Å². The van der Waals surface area contributed by atoms with E-state index in [1.807, 2.05) is 28.8 Å². The number of aromatic nitrogens is 3. The van der Waals surface area contributed by atoms with Crippen LogP contribution in [0.1, 0.15) is 36.5 Å². The van der Waals surface area contributed by atoms with Crippen molar-refractivity contribution < 1.29 is 14.3 Å². The van der Waals surface area contributed by atoms with Crippen LogP contribution in [-0.2, 0) is 29.8 Å². The molecule has 0 radical (unpaired) electrons. The van der Waals surface area contributed by atoms with Crippen LogP contribution in [0.25, 0.3) is 0 Å². The predicted octanol–water partition coefficient (Wildman–Crippen LogP) is 1.34. The Labute approximate surface area is 150 Å². The molecular formula is C18H19N5O3. The summed E-state index contributed by atoms with van der Waals surface area (Å²) in [6, 6.07) is 6.99. The van der Waals surface area contributed by atoms with Crippen molar-refractivity contribution in [1.82, 2.24) is 25.0 Å². The number of fused-ring (bicyclic) bond motifs is 3. The lowest BCUT2D eigenvalue weighted by Crippen LogP contribution is -2.47. The molecule has 1 atom stereocenters. The van der Waals surface area contributed by atoms with Crippen LogP contribution in [0.15, 0.2) is 24.3 Å². The number of carbonyl (C=O) groups excluding carboxylic acids is 2. The number of urea groups is 1. The third-order valence-corrected chi connectivity index (χ3v) is 5.49. The Morgan fingerprint density at radius 2 is 2.08 bits per heavy atom. The molecule has 3 aliphatic rings. The summed E-state index contributed by atoms with van der Waals surface area (Å²) in [5.41, 5.74) is -0.327. The van der Waals surface area contributed by atoms with E-state index in [0.717, 1.165) is 37.2 Å². The number of aryl methyl sites for hydroxylation is 1. The zero-order valence-corrected chi connectivity index (χ0v) is 14.3. The van der Waals surface area contributed by atoms with Gasteiger partial charge >= 0.3 is 6.03 Å². The maximum Gasteiger partial charge on any atom is 0.325 e. The maximum absolute atomic E-state index is 13.3. The fourth-order valence-corrected chi connectivity index (χ4v) is 4.14. The van der Waals surface area contributed by atoms with Crippen molar-refractivity contribution in [3.63, 3.8) is 0 Å². The number of nitrogens with zero attached hydrogens (tertiary/aromatic N) is 4. The molecule has 3 aliphatic heterocycles. The highest BCUT2D eigenvalue weighted by molar-refractivity contribution is 6.07. The molecule has 3 amide bonds. The van der Waals surface area contributed by atoms with Crippen molar-refractivity contribution in [2.24, 2.45) is 0 Å². The molecule has 0 saturated carbocycles. The van der Waals surface area contributed by atoms with E-state index in [0.29, 0.717) is 24.6 Å². The van der Waals surface area contributed by atoms with Gasteiger partial charge in [0.15, 0.2) is 11.4 Å². The first-order chi connectivity index (χ1) is 12.7. The summed E-state index contributed by atoms with van der Waals surface area (Å²) in [6.07, 6.45) is 3.47. The molecule has 5 rings (SSSR count). The molecular weight excluding hydrogens is 334 g/mol. The Bertz CT molecular complexity index is 908. The van der Waals surface area contributed by atoms with Gasteiger partial charge in [0.05, 0.1) is 13.2 Å². The van der Waals surface area contributed by atoms with Gasteiger partial charge in [0.1, 0.15) is 11.6 Å². The van der Waals surface area contributed by atoms with Crippen molar-refractivity contribution in [2.75, 3.05) is 6.61 Å². The number of nitrogens with one attached hydrogen (secondary N) is 1. The molecule has 134 valence electrons. The quantitative estimate of drug-likeness (QED) is 0.823. The highest BCUT2D eigenvalue weighted by atomic mass is 16.5. The van der Waals surface area contributed by atoms with Gasteiger partial charge in [-0.2, -0.15) is 0 Å². The van der Waals surface area contributed by atoms with Crippen LogP contribution in [0.2, 0.25) is 0 Å². The number of para-hydroxylation sites is 1. The van der Waals surface area contributed by atoms with E-state index < -0.39 is 5.54 Å². The molecule has 1 unspecified atom stereocenters. The average molecular weight is 353 g/mol. The standard InChI is InChI=1S/C18H19N5O3/c24-16-18(8-10-26-13-6-2-1-5-12(13)18)19-17(25)23(16)11-15-21-20-14-7-3-4-9-22(14)15/h1-2,5-6H,3-4,7-11H2,(H,19,25). The van der Waals surface area contributed by atoms with Crippen LogP contribution >= 0.6 is 0 Å². The first-order valence-electron chi connectivity index (χ1n) is 8.96. The predicted molar refractivity (Wildman–Crippen MR) is 90.3 cm³/mol. The van der Waals surface area contributed by atoms with E-state index in [-0.39, 0.29) is 18.5 Å². The van der Waals surface area contributed by atoms with Gasteiger partial charge in [-0.1, -0.05) is 18.2 Å². The Balaban J connectivity index is 1.49. The summed E-state index contributed by atoms with van der Waals surface area (Å²) in [5.74, 6) is 2.01. The number of benzene rings is 1. The number of hydrogen-bond acceptors (Lipinski definition) is 5. The van der Waals surface area contributed by atoms with Gasteiger partial charge in [-0.05, 0) is 18.9 Å². The highest BCUT2D eigenvalue weighted by Gasteiger charge is 2.55. The van der Waals surface area contributed by atoms with Crippen LogP contribution < -0.4 is 10.1 Å². The second-order valence-corrected chi connectivity index (χ2v) is 6.96. The van der Waals surface area contributed by atoms with E-state index in [2.05, 4.69) is 15.5 Å². The summed E-state index contributed by atoms with van der Waals surface area (Å²) >= 11 is 0. The Morgan fingerprint density at radius 3 is 3.00 bits per heavy atom. The molecule has 1 N–H and O–H groups in total. The highest BCUT2D eigenvalue weighted by Crippen LogP contribution is 2.41. The number of rotatable bonds is 2. The Hall–Kier alpha value is -2.90. The SMILES string of the molecule is O=C1NC2(CCOc3ccccc32)C(=O)N1Cc1nnc2n1CCCC2. The fourth-order valence-electron chi connectivity index (χ4n) is 4.14. The molecule has 8 heteroatoms. The maximum atomic E-state index is 13.3. The molecule has 4 heterocycles. The summed E-state index contributed by atoms with van der Waals surface area (Å²) in [4.78, 5) is 27.2. The monoisotopic (exact) mass is 353 g/mol. The van der Waals surface area contributed by atoms with Gasteiger partial charge in [0.2, 0.25) is 0 Å². The number of carbonyl (C=O) groups is 2. The molecule has 0 bridgehead atoms. The number of hydrogen-bond donors (Lipinski definition) is 1. The largest absolute Gasteiger partial charge is 0.493 e. The van der Waals surface area contributed by atoms with E-state index >= 15 is 0 Å². The molecule has 1 spiro atoms. The summed E-state index contributed by atoms with van der Waals surface area (Å²) in [7, 11) is 0. The van der Waals surface area contributed by atoms with Crippen LogP contribution in [0, 0.1) is 0 Å². The normalized spacial score (nSPS) is 24.2. The van der Waals surface area contributed by atoms with Crippen LogP contribution in [-0.4, -0.2) is 38.2 Å². The lowest BCUT2D eigenvalue weighted by atomic mass is 9.84. The number of ether oxygens (including phenoxy) is 1. The zero-order chi connectivity index (χ0) is 17.7. The van der Waals surface area contributed by atoms with Crippen LogP contribution in [0.4, 0.5) is 4.79 Å². The van der Waals surface area contributed by atoms with Gasteiger partial charge in [-0.3, -0.25) is 9.69 Å². The smallest absolute Gasteiger partial charge is 0.325 e. The van der Waals surface area contributed by atoms with E-state index in [9.17, 15) is 9.59 Å². The summed E-state index contributed by atoms with van der Waals surface area (Å²) in [6.45, 7) is 1.36. The van der Waals surface area contributed by atoms with E-state index in [1.165, 1.54) is 4.90 Å². The Morgan fingerprint density at radius 1 is 1.19 bits per heavy atom. The lowest BCUT2D eigenvalue weighted by molar-refractivity contribution is -0.133. The van der Waals surface area contributed by atoms with Gasteiger partial charge < -0.3 is 14.6 Å². The molecule has 1 saturated heterocycles. The molecule has 2 aromatic rings.